The maximum Gasteiger partial charge on any atom is 0.307 e. The zero-order valence-electron chi connectivity index (χ0n) is 11.0. The average molecular weight is 235 g/mol. The molecule has 0 aliphatic heterocycles. The molecule has 1 rings (SSSR count). The lowest BCUT2D eigenvalue weighted by atomic mass is 9.86. The zero-order chi connectivity index (χ0) is 13.1. The summed E-state index contributed by atoms with van der Waals surface area (Å²) in [5.41, 5.74) is 8.28. The van der Waals surface area contributed by atoms with Gasteiger partial charge in [-0.2, -0.15) is 0 Å². The molecule has 0 saturated heterocycles. The van der Waals surface area contributed by atoms with Crippen LogP contribution in [-0.2, 0) is 14.9 Å². The summed E-state index contributed by atoms with van der Waals surface area (Å²) >= 11 is 0. The van der Waals surface area contributed by atoms with Crippen molar-refractivity contribution in [2.45, 2.75) is 38.6 Å². The second-order valence-electron chi connectivity index (χ2n) is 5.26. The minimum Gasteiger partial charge on any atom is -0.469 e. The number of carbonyl (C=O) groups excluding carboxylic acids is 1. The molecule has 0 fully saturated rings. The molecule has 1 aromatic carbocycles. The molecule has 0 aromatic heterocycles. The van der Waals surface area contributed by atoms with Gasteiger partial charge in [0.1, 0.15) is 0 Å². The molecule has 1 aromatic rings. The van der Waals surface area contributed by atoms with E-state index in [4.69, 9.17) is 5.73 Å². The van der Waals surface area contributed by atoms with Crippen LogP contribution in [0.1, 0.15) is 44.4 Å². The van der Waals surface area contributed by atoms with Gasteiger partial charge in [-0.05, 0) is 16.5 Å². The maximum absolute atomic E-state index is 11.1. The number of hydrogen-bond donors (Lipinski definition) is 1. The smallest absolute Gasteiger partial charge is 0.307 e. The second kappa shape index (κ2) is 5.32. The highest BCUT2D eigenvalue weighted by molar-refractivity contribution is 5.70. The van der Waals surface area contributed by atoms with Gasteiger partial charge in [-0.25, -0.2) is 0 Å². The van der Waals surface area contributed by atoms with Gasteiger partial charge in [-0.1, -0.05) is 45.0 Å². The van der Waals surface area contributed by atoms with Crippen molar-refractivity contribution in [3.63, 3.8) is 0 Å². The summed E-state index contributed by atoms with van der Waals surface area (Å²) in [5.74, 6) is -0.280. The van der Waals surface area contributed by atoms with Crippen LogP contribution in [0.5, 0.6) is 0 Å². The lowest BCUT2D eigenvalue weighted by Crippen LogP contribution is -2.17. The second-order valence-corrected chi connectivity index (χ2v) is 5.26. The first-order valence-electron chi connectivity index (χ1n) is 5.77. The van der Waals surface area contributed by atoms with Gasteiger partial charge in [0.2, 0.25) is 0 Å². The van der Waals surface area contributed by atoms with E-state index in [1.807, 2.05) is 12.1 Å². The fourth-order valence-corrected chi connectivity index (χ4v) is 1.61. The van der Waals surface area contributed by atoms with E-state index in [-0.39, 0.29) is 23.8 Å². The van der Waals surface area contributed by atoms with Gasteiger partial charge in [-0.15, -0.1) is 0 Å². The SMILES string of the molecule is COC(=O)C[C@H](N)c1ccc(C(C)(C)C)cc1. The maximum atomic E-state index is 11.1. The molecule has 0 bridgehead atoms. The van der Waals surface area contributed by atoms with E-state index in [2.05, 4.69) is 37.6 Å². The first kappa shape index (κ1) is 13.7. The Morgan fingerprint density at radius 3 is 2.24 bits per heavy atom. The van der Waals surface area contributed by atoms with Crippen LogP contribution >= 0.6 is 0 Å². The van der Waals surface area contributed by atoms with Crippen LogP contribution in [0.15, 0.2) is 24.3 Å². The summed E-state index contributed by atoms with van der Waals surface area (Å²) in [4.78, 5) is 11.1. The molecule has 0 saturated carbocycles. The molecule has 3 nitrogen and oxygen atoms in total. The monoisotopic (exact) mass is 235 g/mol. The van der Waals surface area contributed by atoms with Gasteiger partial charge in [0, 0.05) is 6.04 Å². The van der Waals surface area contributed by atoms with Gasteiger partial charge in [0.15, 0.2) is 0 Å². The predicted octanol–water partition coefficient (Wildman–Crippen LogP) is 2.55. The minimum atomic E-state index is -0.295. The van der Waals surface area contributed by atoms with Crippen molar-refractivity contribution in [3.8, 4) is 0 Å². The molecule has 94 valence electrons. The van der Waals surface area contributed by atoms with Crippen molar-refractivity contribution in [2.75, 3.05) is 7.11 Å². The molecular formula is C14H21NO2. The highest BCUT2D eigenvalue weighted by Crippen LogP contribution is 2.24. The molecule has 0 amide bonds. The van der Waals surface area contributed by atoms with E-state index < -0.39 is 0 Å². The molecule has 0 unspecified atom stereocenters. The number of rotatable bonds is 3. The van der Waals surface area contributed by atoms with Gasteiger partial charge in [0.25, 0.3) is 0 Å². The van der Waals surface area contributed by atoms with Crippen LogP contribution < -0.4 is 5.73 Å². The molecule has 0 spiro atoms. The number of esters is 1. The molecule has 0 heterocycles. The van der Waals surface area contributed by atoms with E-state index in [1.165, 1.54) is 12.7 Å². The molecule has 0 aliphatic rings. The molecule has 1 atom stereocenters. The number of hydrogen-bond acceptors (Lipinski definition) is 3. The molecular weight excluding hydrogens is 214 g/mol. The first-order chi connectivity index (χ1) is 7.84. The quantitative estimate of drug-likeness (QED) is 0.819. The van der Waals surface area contributed by atoms with Crippen molar-refractivity contribution in [3.05, 3.63) is 35.4 Å². The standard InChI is InChI=1S/C14H21NO2/c1-14(2,3)11-7-5-10(6-8-11)12(15)9-13(16)17-4/h5-8,12H,9,15H2,1-4H3/t12-/m0/s1. The van der Waals surface area contributed by atoms with Crippen LogP contribution in [0.4, 0.5) is 0 Å². The number of ether oxygens (including phenoxy) is 1. The normalized spacial score (nSPS) is 13.2. The van der Waals surface area contributed by atoms with Crippen molar-refractivity contribution in [1.82, 2.24) is 0 Å². The fraction of sp³-hybridized carbons (Fsp3) is 0.500. The Labute approximate surface area is 103 Å². The third-order valence-electron chi connectivity index (χ3n) is 2.82. The van der Waals surface area contributed by atoms with Crippen molar-refractivity contribution < 1.29 is 9.53 Å². The largest absolute Gasteiger partial charge is 0.469 e. The van der Waals surface area contributed by atoms with Gasteiger partial charge in [-0.3, -0.25) is 4.79 Å². The zero-order valence-corrected chi connectivity index (χ0v) is 11.0. The van der Waals surface area contributed by atoms with E-state index in [0.29, 0.717) is 0 Å². The topological polar surface area (TPSA) is 52.3 Å². The number of nitrogens with two attached hydrogens (primary N) is 1. The van der Waals surface area contributed by atoms with E-state index in [1.54, 1.807) is 0 Å². The summed E-state index contributed by atoms with van der Waals surface area (Å²) in [6.45, 7) is 6.49. The summed E-state index contributed by atoms with van der Waals surface area (Å²) in [7, 11) is 1.37. The van der Waals surface area contributed by atoms with Crippen LogP contribution in [0.25, 0.3) is 0 Å². The summed E-state index contributed by atoms with van der Waals surface area (Å²) in [6, 6.07) is 7.79. The van der Waals surface area contributed by atoms with E-state index in [0.717, 1.165) is 5.56 Å². The molecule has 3 heteroatoms. The van der Waals surface area contributed by atoms with E-state index >= 15 is 0 Å². The lowest BCUT2D eigenvalue weighted by molar-refractivity contribution is -0.141. The van der Waals surface area contributed by atoms with Crippen LogP contribution in [0, 0.1) is 0 Å². The molecule has 17 heavy (non-hydrogen) atoms. The van der Waals surface area contributed by atoms with Crippen LogP contribution in [0.3, 0.4) is 0 Å². The Morgan fingerprint density at radius 1 is 1.29 bits per heavy atom. The Bertz CT molecular complexity index is 376. The van der Waals surface area contributed by atoms with Crippen molar-refractivity contribution in [1.29, 1.82) is 0 Å². The minimum absolute atomic E-state index is 0.130. The third-order valence-corrected chi connectivity index (χ3v) is 2.82. The van der Waals surface area contributed by atoms with Crippen LogP contribution in [0.2, 0.25) is 0 Å². The van der Waals surface area contributed by atoms with Crippen LogP contribution in [-0.4, -0.2) is 13.1 Å². The summed E-state index contributed by atoms with van der Waals surface area (Å²) in [5, 5.41) is 0. The average Bonchev–Trinajstić information content (AvgIpc) is 2.27. The van der Waals surface area contributed by atoms with Crippen molar-refractivity contribution in [2.24, 2.45) is 5.73 Å². The highest BCUT2D eigenvalue weighted by Gasteiger charge is 2.15. The van der Waals surface area contributed by atoms with E-state index in [9.17, 15) is 4.79 Å². The fourth-order valence-electron chi connectivity index (χ4n) is 1.61. The first-order valence-corrected chi connectivity index (χ1v) is 5.77. The summed E-state index contributed by atoms with van der Waals surface area (Å²) < 4.78 is 4.60. The number of benzene rings is 1. The lowest BCUT2D eigenvalue weighted by Gasteiger charge is -2.20. The Hall–Kier alpha value is -1.35. The number of methoxy groups -OCH3 is 1. The predicted molar refractivity (Wildman–Crippen MR) is 68.7 cm³/mol. The van der Waals surface area contributed by atoms with Gasteiger partial charge >= 0.3 is 5.97 Å². The Kier molecular flexibility index (Phi) is 4.29. The Morgan fingerprint density at radius 2 is 1.82 bits per heavy atom. The highest BCUT2D eigenvalue weighted by atomic mass is 16.5. The van der Waals surface area contributed by atoms with Gasteiger partial charge < -0.3 is 10.5 Å². The molecule has 0 radical (unpaired) electrons. The number of carbonyl (C=O) groups is 1. The molecule has 0 aliphatic carbocycles. The summed E-state index contributed by atoms with van der Waals surface area (Å²) in [6.07, 6.45) is 0.214. The molecule has 2 N–H and O–H groups in total. The van der Waals surface area contributed by atoms with Crippen molar-refractivity contribution >= 4 is 5.97 Å². The third kappa shape index (κ3) is 3.86. The Balaban J connectivity index is 2.77. The van der Waals surface area contributed by atoms with Gasteiger partial charge in [0.05, 0.1) is 13.5 Å².